The highest BCUT2D eigenvalue weighted by Crippen LogP contribution is 2.43. The summed E-state index contributed by atoms with van der Waals surface area (Å²) in [7, 11) is 0. The van der Waals surface area contributed by atoms with Crippen molar-refractivity contribution in [1.82, 2.24) is 0 Å². The van der Waals surface area contributed by atoms with E-state index in [0.717, 1.165) is 0 Å². The molecule has 0 saturated heterocycles. The minimum atomic E-state index is 0.319. The normalized spacial score (nSPS) is 25.6. The predicted molar refractivity (Wildman–Crippen MR) is 98.2 cm³/mol. The van der Waals surface area contributed by atoms with Gasteiger partial charge in [0.2, 0.25) is 0 Å². The van der Waals surface area contributed by atoms with Gasteiger partial charge < -0.3 is 0 Å². The zero-order chi connectivity index (χ0) is 14.4. The van der Waals surface area contributed by atoms with Crippen LogP contribution in [-0.4, -0.2) is 3.42 Å². The van der Waals surface area contributed by atoms with Crippen molar-refractivity contribution in [2.45, 2.75) is 49.4 Å². The summed E-state index contributed by atoms with van der Waals surface area (Å²) in [5.41, 5.74) is 2.73. The number of benzene rings is 1. The summed E-state index contributed by atoms with van der Waals surface area (Å²) < 4.78 is 0.319. The summed E-state index contributed by atoms with van der Waals surface area (Å²) in [5.74, 6) is 0.653. The van der Waals surface area contributed by atoms with Gasteiger partial charge >= 0.3 is 0 Å². The summed E-state index contributed by atoms with van der Waals surface area (Å²) in [4.78, 5) is 0. The molecule has 20 heavy (non-hydrogen) atoms. The third-order valence-corrected chi connectivity index (χ3v) is 5.95. The van der Waals surface area contributed by atoms with E-state index in [1.54, 1.807) is 0 Å². The Morgan fingerprint density at radius 2 is 1.85 bits per heavy atom. The van der Waals surface area contributed by atoms with E-state index < -0.39 is 0 Å². The van der Waals surface area contributed by atoms with Crippen LogP contribution in [0.5, 0.6) is 0 Å². The van der Waals surface area contributed by atoms with Gasteiger partial charge in [-0.3, -0.25) is 0 Å². The molecule has 0 heterocycles. The van der Waals surface area contributed by atoms with Gasteiger partial charge in [0.05, 0.1) is 0 Å². The zero-order valence-corrected chi connectivity index (χ0v) is 14.8. The van der Waals surface area contributed by atoms with Crippen LogP contribution in [0.25, 0.3) is 5.57 Å². The SMILES string of the molecule is CCCCCC1(I)C=CC(c2ccccc2)=CC1CC. The van der Waals surface area contributed by atoms with Crippen LogP contribution >= 0.6 is 22.6 Å². The Balaban J connectivity index is 2.15. The number of hydrogen-bond donors (Lipinski definition) is 0. The highest BCUT2D eigenvalue weighted by atomic mass is 127. The number of unbranched alkanes of at least 4 members (excludes halogenated alkanes) is 2. The van der Waals surface area contributed by atoms with Gasteiger partial charge in [-0.25, -0.2) is 0 Å². The van der Waals surface area contributed by atoms with E-state index in [1.165, 1.54) is 43.2 Å². The van der Waals surface area contributed by atoms with Gasteiger partial charge in [0, 0.05) is 3.42 Å². The highest BCUT2D eigenvalue weighted by molar-refractivity contribution is 14.1. The van der Waals surface area contributed by atoms with Crippen molar-refractivity contribution in [3.05, 3.63) is 54.1 Å². The van der Waals surface area contributed by atoms with E-state index >= 15 is 0 Å². The Morgan fingerprint density at radius 1 is 1.10 bits per heavy atom. The van der Waals surface area contributed by atoms with E-state index in [9.17, 15) is 0 Å². The van der Waals surface area contributed by atoms with Crippen molar-refractivity contribution in [3.63, 3.8) is 0 Å². The van der Waals surface area contributed by atoms with E-state index in [1.807, 2.05) is 0 Å². The predicted octanol–water partition coefficient (Wildman–Crippen LogP) is 6.42. The fourth-order valence-corrected chi connectivity index (χ4v) is 4.14. The first-order valence-corrected chi connectivity index (χ1v) is 8.93. The molecule has 0 radical (unpaired) electrons. The van der Waals surface area contributed by atoms with E-state index in [0.29, 0.717) is 9.34 Å². The standard InChI is InChI=1S/C19H25I/c1-3-5-9-13-19(20)14-12-17(15-18(19)4-2)16-10-7-6-8-11-16/h6-8,10-12,14-15,18H,3-5,9,13H2,1-2H3. The maximum atomic E-state index is 2.69. The molecule has 108 valence electrons. The molecule has 1 heteroatoms. The lowest BCUT2D eigenvalue weighted by molar-refractivity contribution is 0.472. The quantitative estimate of drug-likeness (QED) is 0.303. The third kappa shape index (κ3) is 3.75. The molecule has 2 unspecified atom stereocenters. The van der Waals surface area contributed by atoms with Gasteiger partial charge in [-0.15, -0.1) is 0 Å². The molecule has 0 aromatic heterocycles. The first kappa shape index (κ1) is 15.8. The summed E-state index contributed by atoms with van der Waals surface area (Å²) in [6, 6.07) is 10.7. The van der Waals surface area contributed by atoms with Crippen LogP contribution in [0.3, 0.4) is 0 Å². The van der Waals surface area contributed by atoms with Crippen molar-refractivity contribution in [2.75, 3.05) is 0 Å². The molecule has 0 fully saturated rings. The maximum absolute atomic E-state index is 2.69. The van der Waals surface area contributed by atoms with E-state index in [4.69, 9.17) is 0 Å². The molecule has 2 rings (SSSR count). The maximum Gasteiger partial charge on any atom is 0.0466 e. The molecular weight excluding hydrogens is 355 g/mol. The van der Waals surface area contributed by atoms with Crippen LogP contribution in [0.1, 0.15) is 51.5 Å². The van der Waals surface area contributed by atoms with Crippen molar-refractivity contribution in [3.8, 4) is 0 Å². The van der Waals surface area contributed by atoms with Gasteiger partial charge in [0.1, 0.15) is 0 Å². The Labute approximate surface area is 137 Å². The Hall–Kier alpha value is -0.570. The zero-order valence-electron chi connectivity index (χ0n) is 12.6. The molecule has 0 spiro atoms. The van der Waals surface area contributed by atoms with Crippen LogP contribution in [0.15, 0.2) is 48.6 Å². The van der Waals surface area contributed by atoms with Crippen LogP contribution < -0.4 is 0 Å². The smallest absolute Gasteiger partial charge is 0.0466 e. The first-order chi connectivity index (χ1) is 9.69. The number of halogens is 1. The van der Waals surface area contributed by atoms with Gasteiger partial charge in [-0.2, -0.15) is 0 Å². The van der Waals surface area contributed by atoms with Crippen molar-refractivity contribution >= 4 is 28.2 Å². The minimum Gasteiger partial charge on any atom is -0.0737 e. The highest BCUT2D eigenvalue weighted by Gasteiger charge is 2.33. The number of rotatable bonds is 6. The second kappa shape index (κ2) is 7.44. The molecule has 0 saturated carbocycles. The lowest BCUT2D eigenvalue weighted by Gasteiger charge is -2.34. The Bertz CT molecular complexity index is 472. The first-order valence-electron chi connectivity index (χ1n) is 7.85. The summed E-state index contributed by atoms with van der Waals surface area (Å²) in [6.45, 7) is 4.59. The average molecular weight is 380 g/mol. The molecule has 1 aliphatic rings. The fourth-order valence-electron chi connectivity index (χ4n) is 2.96. The molecule has 1 aliphatic carbocycles. The molecule has 1 aromatic carbocycles. The second-order valence-electron chi connectivity index (χ2n) is 5.72. The third-order valence-electron chi connectivity index (χ3n) is 4.25. The van der Waals surface area contributed by atoms with Crippen LogP contribution in [0.4, 0.5) is 0 Å². The molecule has 1 aromatic rings. The van der Waals surface area contributed by atoms with Gasteiger partial charge in [0.25, 0.3) is 0 Å². The van der Waals surface area contributed by atoms with Crippen molar-refractivity contribution < 1.29 is 0 Å². The van der Waals surface area contributed by atoms with Crippen LogP contribution in [0, 0.1) is 5.92 Å². The van der Waals surface area contributed by atoms with Crippen molar-refractivity contribution in [1.29, 1.82) is 0 Å². The molecule has 0 bridgehead atoms. The van der Waals surface area contributed by atoms with Crippen molar-refractivity contribution in [2.24, 2.45) is 5.92 Å². The van der Waals surface area contributed by atoms with Gasteiger partial charge in [-0.1, -0.05) is 104 Å². The second-order valence-corrected chi connectivity index (χ2v) is 7.73. The number of hydrogen-bond acceptors (Lipinski definition) is 0. The van der Waals surface area contributed by atoms with E-state index in [2.05, 4.69) is 85.0 Å². The largest absolute Gasteiger partial charge is 0.0737 e. The molecule has 0 N–H and O–H groups in total. The summed E-state index contributed by atoms with van der Waals surface area (Å²) in [5, 5.41) is 0. The monoisotopic (exact) mass is 380 g/mol. The van der Waals surface area contributed by atoms with Gasteiger partial charge in [-0.05, 0) is 29.9 Å². The fraction of sp³-hybridized carbons (Fsp3) is 0.474. The molecule has 0 aliphatic heterocycles. The number of allylic oxidation sites excluding steroid dienone is 4. The van der Waals surface area contributed by atoms with Crippen LogP contribution in [-0.2, 0) is 0 Å². The van der Waals surface area contributed by atoms with Gasteiger partial charge in [0.15, 0.2) is 0 Å². The molecular formula is C19H25I. The molecule has 0 amide bonds. The Kier molecular flexibility index (Phi) is 5.88. The Morgan fingerprint density at radius 3 is 2.50 bits per heavy atom. The average Bonchev–Trinajstić information content (AvgIpc) is 2.49. The van der Waals surface area contributed by atoms with Crippen LogP contribution in [0.2, 0.25) is 0 Å². The molecule has 0 nitrogen and oxygen atoms in total. The summed E-state index contributed by atoms with van der Waals surface area (Å²) in [6.07, 6.45) is 13.8. The lowest BCUT2D eigenvalue weighted by atomic mass is 9.79. The minimum absolute atomic E-state index is 0.319. The van der Waals surface area contributed by atoms with E-state index in [-0.39, 0.29) is 0 Å². The topological polar surface area (TPSA) is 0 Å². The summed E-state index contributed by atoms with van der Waals surface area (Å²) >= 11 is 2.69. The number of alkyl halides is 1. The lowest BCUT2D eigenvalue weighted by Crippen LogP contribution is -2.29. The molecule has 2 atom stereocenters.